The summed E-state index contributed by atoms with van der Waals surface area (Å²) in [6.07, 6.45) is 6.17. The third kappa shape index (κ3) is 3.81. The van der Waals surface area contributed by atoms with Gasteiger partial charge in [0.25, 0.3) is 5.91 Å². The lowest BCUT2D eigenvalue weighted by atomic mass is 10.2. The van der Waals surface area contributed by atoms with Gasteiger partial charge in [-0.05, 0) is 38.8 Å². The second-order valence-electron chi connectivity index (χ2n) is 7.23. The number of anilines is 1. The van der Waals surface area contributed by atoms with E-state index >= 15 is 0 Å². The summed E-state index contributed by atoms with van der Waals surface area (Å²) in [5.74, 6) is 1.10. The Balaban J connectivity index is 1.67. The maximum absolute atomic E-state index is 13.0. The largest absolute Gasteiger partial charge is 0.490 e. The molecule has 0 spiro atoms. The van der Waals surface area contributed by atoms with Crippen molar-refractivity contribution in [3.05, 3.63) is 53.6 Å². The SMILES string of the molecule is CC(C)Oc1cc2nc(C3CC3)cn2cc1C(=O)Nc1cccc(CC#N)n1. The van der Waals surface area contributed by atoms with Crippen molar-refractivity contribution in [2.24, 2.45) is 0 Å². The van der Waals surface area contributed by atoms with Crippen LogP contribution >= 0.6 is 0 Å². The number of nitriles is 1. The molecule has 1 aliphatic carbocycles. The minimum absolute atomic E-state index is 0.0797. The van der Waals surface area contributed by atoms with Gasteiger partial charge in [0.05, 0.1) is 35.5 Å². The van der Waals surface area contributed by atoms with Crippen molar-refractivity contribution in [1.29, 1.82) is 5.26 Å². The van der Waals surface area contributed by atoms with Crippen LogP contribution in [0.4, 0.5) is 5.82 Å². The van der Waals surface area contributed by atoms with Crippen LogP contribution < -0.4 is 10.1 Å². The molecule has 3 aromatic rings. The molecule has 1 N–H and O–H groups in total. The number of nitrogens with one attached hydrogen (secondary N) is 1. The summed E-state index contributed by atoms with van der Waals surface area (Å²) >= 11 is 0. The van der Waals surface area contributed by atoms with Gasteiger partial charge in [0.1, 0.15) is 17.2 Å². The van der Waals surface area contributed by atoms with Crippen LogP contribution in [0.3, 0.4) is 0 Å². The molecule has 3 aromatic heterocycles. The zero-order valence-corrected chi connectivity index (χ0v) is 15.8. The molecule has 0 bridgehead atoms. The number of carbonyl (C=O) groups excluding carboxylic acids is 1. The minimum atomic E-state index is -0.319. The second-order valence-corrected chi connectivity index (χ2v) is 7.23. The summed E-state index contributed by atoms with van der Waals surface area (Å²) in [5.41, 5.74) is 2.84. The predicted molar refractivity (Wildman–Crippen MR) is 104 cm³/mol. The van der Waals surface area contributed by atoms with Crippen LogP contribution in [-0.4, -0.2) is 26.4 Å². The molecule has 0 saturated heterocycles. The fourth-order valence-corrected chi connectivity index (χ4v) is 3.05. The van der Waals surface area contributed by atoms with E-state index in [0.29, 0.717) is 28.7 Å². The number of pyridine rings is 2. The van der Waals surface area contributed by atoms with E-state index < -0.39 is 0 Å². The minimum Gasteiger partial charge on any atom is -0.490 e. The quantitative estimate of drug-likeness (QED) is 0.709. The van der Waals surface area contributed by atoms with Crippen LogP contribution in [0.25, 0.3) is 5.65 Å². The number of amides is 1. The van der Waals surface area contributed by atoms with Gasteiger partial charge in [0, 0.05) is 24.4 Å². The molecule has 0 radical (unpaired) electrons. The second kappa shape index (κ2) is 7.31. The van der Waals surface area contributed by atoms with Crippen molar-refractivity contribution < 1.29 is 9.53 Å². The Bertz CT molecular complexity index is 1080. The first-order chi connectivity index (χ1) is 13.5. The van der Waals surface area contributed by atoms with Crippen molar-refractivity contribution in [1.82, 2.24) is 14.4 Å². The molecule has 1 aliphatic rings. The number of hydrogen-bond donors (Lipinski definition) is 1. The van der Waals surface area contributed by atoms with Crippen molar-refractivity contribution in [3.63, 3.8) is 0 Å². The van der Waals surface area contributed by atoms with E-state index in [2.05, 4.69) is 21.4 Å². The lowest BCUT2D eigenvalue weighted by Gasteiger charge is -2.14. The Morgan fingerprint density at radius 2 is 2.18 bits per heavy atom. The average Bonchev–Trinajstić information content (AvgIpc) is 3.41. The summed E-state index contributed by atoms with van der Waals surface area (Å²) in [4.78, 5) is 21.9. The molecular weight excluding hydrogens is 354 g/mol. The highest BCUT2D eigenvalue weighted by Gasteiger charge is 2.27. The number of rotatable bonds is 6. The number of nitrogens with zero attached hydrogens (tertiary/aromatic N) is 4. The summed E-state index contributed by atoms with van der Waals surface area (Å²) in [6, 6.07) is 9.08. The fourth-order valence-electron chi connectivity index (χ4n) is 3.05. The smallest absolute Gasteiger partial charge is 0.262 e. The number of carbonyl (C=O) groups is 1. The van der Waals surface area contributed by atoms with Crippen LogP contribution in [0.1, 0.15) is 54.4 Å². The molecular formula is C21H21N5O2. The highest BCUT2D eigenvalue weighted by molar-refractivity contribution is 6.05. The zero-order valence-electron chi connectivity index (χ0n) is 15.8. The van der Waals surface area contributed by atoms with E-state index in [1.165, 1.54) is 0 Å². The molecule has 142 valence electrons. The molecule has 7 nitrogen and oxygen atoms in total. The first-order valence-corrected chi connectivity index (χ1v) is 9.37. The molecule has 1 amide bonds. The van der Waals surface area contributed by atoms with Crippen molar-refractivity contribution in [2.45, 2.75) is 45.1 Å². The Kier molecular flexibility index (Phi) is 4.70. The molecule has 0 atom stereocenters. The molecule has 1 fully saturated rings. The Labute approximate surface area is 163 Å². The third-order valence-electron chi connectivity index (χ3n) is 4.48. The van der Waals surface area contributed by atoms with Gasteiger partial charge >= 0.3 is 0 Å². The zero-order chi connectivity index (χ0) is 19.7. The first kappa shape index (κ1) is 18.0. The topological polar surface area (TPSA) is 92.3 Å². The Hall–Kier alpha value is -3.40. The number of ether oxygens (including phenoxy) is 1. The van der Waals surface area contributed by atoms with E-state index in [-0.39, 0.29) is 18.4 Å². The summed E-state index contributed by atoms with van der Waals surface area (Å²) in [5, 5.41) is 11.6. The van der Waals surface area contributed by atoms with Crippen LogP contribution in [0, 0.1) is 11.3 Å². The maximum atomic E-state index is 13.0. The normalized spacial score (nSPS) is 13.5. The fraction of sp³-hybridized carbons (Fsp3) is 0.333. The molecule has 0 unspecified atom stereocenters. The summed E-state index contributed by atoms with van der Waals surface area (Å²) in [6.45, 7) is 3.83. The van der Waals surface area contributed by atoms with Crippen LogP contribution in [0.5, 0.6) is 5.75 Å². The van der Waals surface area contributed by atoms with E-state index in [1.807, 2.05) is 24.4 Å². The summed E-state index contributed by atoms with van der Waals surface area (Å²) in [7, 11) is 0. The molecule has 0 aliphatic heterocycles. The molecule has 28 heavy (non-hydrogen) atoms. The van der Waals surface area contributed by atoms with E-state index in [0.717, 1.165) is 24.2 Å². The Morgan fingerprint density at radius 1 is 1.36 bits per heavy atom. The van der Waals surface area contributed by atoms with Gasteiger partial charge in [-0.3, -0.25) is 4.79 Å². The highest BCUT2D eigenvalue weighted by atomic mass is 16.5. The predicted octanol–water partition coefficient (Wildman–Crippen LogP) is 3.71. The Morgan fingerprint density at radius 3 is 2.89 bits per heavy atom. The molecule has 3 heterocycles. The standard InChI is InChI=1S/C21H21N5O2/c1-13(2)28-18-10-20-24-17(14-6-7-14)12-26(20)11-16(18)21(27)25-19-5-3-4-15(23-19)8-9-22/h3-5,10-14H,6-8H2,1-2H3,(H,23,25,27). The van der Waals surface area contributed by atoms with Gasteiger partial charge < -0.3 is 14.5 Å². The number of hydrogen-bond acceptors (Lipinski definition) is 5. The van der Waals surface area contributed by atoms with Gasteiger partial charge in [-0.1, -0.05) is 6.07 Å². The third-order valence-corrected chi connectivity index (χ3v) is 4.48. The lowest BCUT2D eigenvalue weighted by Crippen LogP contribution is -2.17. The van der Waals surface area contributed by atoms with Crippen LogP contribution in [-0.2, 0) is 6.42 Å². The monoisotopic (exact) mass is 375 g/mol. The van der Waals surface area contributed by atoms with E-state index in [9.17, 15) is 4.79 Å². The van der Waals surface area contributed by atoms with E-state index in [4.69, 9.17) is 10.00 Å². The maximum Gasteiger partial charge on any atom is 0.262 e. The van der Waals surface area contributed by atoms with Crippen LogP contribution in [0.2, 0.25) is 0 Å². The highest BCUT2D eigenvalue weighted by Crippen LogP contribution is 2.39. The number of aromatic nitrogens is 3. The molecule has 1 saturated carbocycles. The lowest BCUT2D eigenvalue weighted by molar-refractivity contribution is 0.102. The van der Waals surface area contributed by atoms with Gasteiger partial charge in [0.15, 0.2) is 0 Å². The van der Waals surface area contributed by atoms with Gasteiger partial charge in [0.2, 0.25) is 0 Å². The van der Waals surface area contributed by atoms with Gasteiger partial charge in [-0.2, -0.15) is 5.26 Å². The van der Waals surface area contributed by atoms with Gasteiger partial charge in [-0.15, -0.1) is 0 Å². The number of fused-ring (bicyclic) bond motifs is 1. The van der Waals surface area contributed by atoms with Crippen molar-refractivity contribution in [2.75, 3.05) is 5.32 Å². The van der Waals surface area contributed by atoms with Crippen LogP contribution in [0.15, 0.2) is 36.7 Å². The molecule has 0 aromatic carbocycles. The van der Waals surface area contributed by atoms with Crippen molar-refractivity contribution in [3.8, 4) is 11.8 Å². The van der Waals surface area contributed by atoms with Gasteiger partial charge in [-0.25, -0.2) is 9.97 Å². The van der Waals surface area contributed by atoms with Crippen molar-refractivity contribution >= 4 is 17.4 Å². The number of imidazole rings is 1. The average molecular weight is 375 g/mol. The van der Waals surface area contributed by atoms with E-state index in [1.54, 1.807) is 30.5 Å². The first-order valence-electron chi connectivity index (χ1n) is 9.37. The molecule has 4 rings (SSSR count). The summed E-state index contributed by atoms with van der Waals surface area (Å²) < 4.78 is 7.75. The molecule has 7 heteroatoms.